The van der Waals surface area contributed by atoms with Crippen molar-refractivity contribution in [3.05, 3.63) is 59.3 Å². The molecule has 0 aliphatic heterocycles. The van der Waals surface area contributed by atoms with Crippen molar-refractivity contribution in [1.82, 2.24) is 29.9 Å². The zero-order valence-electron chi connectivity index (χ0n) is 19.6. The molecule has 0 spiro atoms. The monoisotopic (exact) mass is 447 g/mol. The third-order valence-corrected chi connectivity index (χ3v) is 5.17. The highest BCUT2D eigenvalue weighted by molar-refractivity contribution is 5.73. The minimum Gasteiger partial charge on any atom is -0.491 e. The molecule has 172 valence electrons. The molecule has 2 aromatic heterocycles. The van der Waals surface area contributed by atoms with E-state index in [0.29, 0.717) is 29.4 Å². The Morgan fingerprint density at radius 3 is 2.45 bits per heavy atom. The smallest absolute Gasteiger partial charge is 0.229 e. The largest absolute Gasteiger partial charge is 0.491 e. The van der Waals surface area contributed by atoms with Crippen LogP contribution in [0.3, 0.4) is 0 Å². The number of nitrogens with one attached hydrogen (secondary N) is 1. The Bertz CT molecular complexity index is 1230. The molecular formula is C24H29N7O2. The molecule has 0 saturated carbocycles. The first-order valence-corrected chi connectivity index (χ1v) is 10.8. The van der Waals surface area contributed by atoms with Crippen molar-refractivity contribution in [3.63, 3.8) is 0 Å². The molecule has 0 saturated heterocycles. The second-order valence-electron chi connectivity index (χ2n) is 8.53. The van der Waals surface area contributed by atoms with Crippen molar-refractivity contribution in [2.45, 2.75) is 26.9 Å². The van der Waals surface area contributed by atoms with Crippen LogP contribution in [-0.2, 0) is 0 Å². The molecule has 4 aromatic rings. The van der Waals surface area contributed by atoms with Gasteiger partial charge in [0.1, 0.15) is 18.5 Å². The van der Waals surface area contributed by atoms with Gasteiger partial charge in [0.05, 0.1) is 11.9 Å². The average molecular weight is 448 g/mol. The number of anilines is 2. The van der Waals surface area contributed by atoms with E-state index in [1.54, 1.807) is 10.9 Å². The molecule has 1 atom stereocenters. The lowest BCUT2D eigenvalue weighted by atomic mass is 10.1. The van der Waals surface area contributed by atoms with Gasteiger partial charge in [-0.05, 0) is 70.3 Å². The highest BCUT2D eigenvalue weighted by Crippen LogP contribution is 2.24. The maximum Gasteiger partial charge on any atom is 0.229 e. The van der Waals surface area contributed by atoms with E-state index in [1.807, 2.05) is 43.3 Å². The summed E-state index contributed by atoms with van der Waals surface area (Å²) in [6.45, 7) is 6.99. The lowest BCUT2D eigenvalue weighted by Crippen LogP contribution is -2.30. The Balaban J connectivity index is 1.51. The number of fused-ring (bicyclic) bond motifs is 1. The second-order valence-corrected chi connectivity index (χ2v) is 8.53. The summed E-state index contributed by atoms with van der Waals surface area (Å²) >= 11 is 0. The first kappa shape index (κ1) is 22.6. The molecule has 0 bridgehead atoms. The maximum atomic E-state index is 9.94. The number of hydrogen-bond donors (Lipinski definition) is 2. The molecule has 0 aliphatic carbocycles. The van der Waals surface area contributed by atoms with Crippen molar-refractivity contribution >= 4 is 22.8 Å². The lowest BCUT2D eigenvalue weighted by molar-refractivity contribution is 0.0831. The lowest BCUT2D eigenvalue weighted by Gasteiger charge is -2.16. The standard InChI is InChI=1S/C24H29N7O2/c1-15-10-16(2)22(17(3)11-15)31-23-21(28-29-31)12-25-24(27-23)26-18-6-8-20(9-7-18)33-14-19(32)13-30(4)5/h6-12,19,32H,13-14H2,1-5H3,(H,25,26,27). The van der Waals surface area contributed by atoms with Crippen LogP contribution in [0.1, 0.15) is 16.7 Å². The van der Waals surface area contributed by atoms with Crippen LogP contribution in [0.25, 0.3) is 16.9 Å². The van der Waals surface area contributed by atoms with Gasteiger partial charge in [0.15, 0.2) is 11.2 Å². The summed E-state index contributed by atoms with van der Waals surface area (Å²) in [5.74, 6) is 1.13. The molecule has 9 heteroatoms. The minimum absolute atomic E-state index is 0.236. The molecule has 0 amide bonds. The number of aromatic nitrogens is 5. The summed E-state index contributed by atoms with van der Waals surface area (Å²) in [6.07, 6.45) is 1.12. The third kappa shape index (κ3) is 5.27. The molecule has 4 rings (SSSR count). The van der Waals surface area contributed by atoms with E-state index in [4.69, 9.17) is 4.74 Å². The molecule has 0 fully saturated rings. The van der Waals surface area contributed by atoms with Gasteiger partial charge in [-0.2, -0.15) is 9.67 Å². The Kier molecular flexibility index (Phi) is 6.52. The van der Waals surface area contributed by atoms with E-state index >= 15 is 0 Å². The van der Waals surface area contributed by atoms with Crippen LogP contribution in [0, 0.1) is 20.8 Å². The molecule has 1 unspecified atom stereocenters. The number of ether oxygens (including phenoxy) is 1. The predicted molar refractivity (Wildman–Crippen MR) is 128 cm³/mol. The van der Waals surface area contributed by atoms with Gasteiger partial charge in [-0.15, -0.1) is 5.10 Å². The Morgan fingerprint density at radius 1 is 1.09 bits per heavy atom. The summed E-state index contributed by atoms with van der Waals surface area (Å²) < 4.78 is 7.43. The van der Waals surface area contributed by atoms with Crippen molar-refractivity contribution < 1.29 is 9.84 Å². The number of rotatable bonds is 8. The number of aliphatic hydroxyl groups is 1. The highest BCUT2D eigenvalue weighted by atomic mass is 16.5. The predicted octanol–water partition coefficient (Wildman–Crippen LogP) is 3.18. The first-order chi connectivity index (χ1) is 15.8. The van der Waals surface area contributed by atoms with E-state index in [-0.39, 0.29) is 6.61 Å². The summed E-state index contributed by atoms with van der Waals surface area (Å²) in [6, 6.07) is 11.7. The van der Waals surface area contributed by atoms with Gasteiger partial charge in [-0.25, -0.2) is 4.98 Å². The number of aryl methyl sites for hydroxylation is 3. The van der Waals surface area contributed by atoms with Crippen LogP contribution in [0.15, 0.2) is 42.6 Å². The maximum absolute atomic E-state index is 9.94. The third-order valence-electron chi connectivity index (χ3n) is 5.17. The van der Waals surface area contributed by atoms with Crippen LogP contribution in [-0.4, -0.2) is 68.3 Å². The molecule has 0 radical (unpaired) electrons. The molecule has 2 heterocycles. The highest BCUT2D eigenvalue weighted by Gasteiger charge is 2.14. The SMILES string of the molecule is Cc1cc(C)c(-n2nnc3cnc(Nc4ccc(OCC(O)CN(C)C)cc4)nc32)c(C)c1. The van der Waals surface area contributed by atoms with Gasteiger partial charge in [0.25, 0.3) is 0 Å². The summed E-state index contributed by atoms with van der Waals surface area (Å²) in [4.78, 5) is 11.0. The van der Waals surface area contributed by atoms with Crippen molar-refractivity contribution in [3.8, 4) is 11.4 Å². The van der Waals surface area contributed by atoms with Crippen LogP contribution in [0.4, 0.5) is 11.6 Å². The Hall–Kier alpha value is -3.56. The van der Waals surface area contributed by atoms with Gasteiger partial charge in [-0.3, -0.25) is 0 Å². The normalized spacial score (nSPS) is 12.3. The van der Waals surface area contributed by atoms with Crippen LogP contribution < -0.4 is 10.1 Å². The zero-order valence-corrected chi connectivity index (χ0v) is 19.6. The number of hydrogen-bond acceptors (Lipinski definition) is 8. The number of aliphatic hydroxyl groups excluding tert-OH is 1. The van der Waals surface area contributed by atoms with Crippen LogP contribution >= 0.6 is 0 Å². The number of nitrogens with zero attached hydrogens (tertiary/aromatic N) is 6. The van der Waals surface area contributed by atoms with E-state index in [2.05, 4.69) is 58.5 Å². The second kappa shape index (κ2) is 9.51. The molecule has 9 nitrogen and oxygen atoms in total. The van der Waals surface area contributed by atoms with E-state index in [1.165, 1.54) is 5.56 Å². The quantitative estimate of drug-likeness (QED) is 0.425. The first-order valence-electron chi connectivity index (χ1n) is 10.8. The topological polar surface area (TPSA) is 101 Å². The Morgan fingerprint density at radius 2 is 1.79 bits per heavy atom. The average Bonchev–Trinajstić information content (AvgIpc) is 3.15. The molecule has 33 heavy (non-hydrogen) atoms. The zero-order chi connectivity index (χ0) is 23.5. The molecule has 0 aliphatic rings. The van der Waals surface area contributed by atoms with Gasteiger partial charge >= 0.3 is 0 Å². The fraction of sp³-hybridized carbons (Fsp3) is 0.333. The molecule has 2 aromatic carbocycles. The molecule has 2 N–H and O–H groups in total. The van der Waals surface area contributed by atoms with Crippen molar-refractivity contribution in [2.24, 2.45) is 0 Å². The van der Waals surface area contributed by atoms with Crippen molar-refractivity contribution in [1.29, 1.82) is 0 Å². The van der Waals surface area contributed by atoms with E-state index < -0.39 is 6.10 Å². The van der Waals surface area contributed by atoms with Crippen LogP contribution in [0.5, 0.6) is 5.75 Å². The minimum atomic E-state index is -0.544. The van der Waals surface area contributed by atoms with Crippen molar-refractivity contribution in [2.75, 3.05) is 32.6 Å². The summed E-state index contributed by atoms with van der Waals surface area (Å²) in [5, 5.41) is 21.7. The number of benzene rings is 2. The van der Waals surface area contributed by atoms with Gasteiger partial charge in [0.2, 0.25) is 5.95 Å². The van der Waals surface area contributed by atoms with E-state index in [0.717, 1.165) is 22.5 Å². The Labute approximate surface area is 193 Å². The fourth-order valence-corrected chi connectivity index (χ4v) is 3.88. The van der Waals surface area contributed by atoms with Gasteiger partial charge in [-0.1, -0.05) is 22.9 Å². The van der Waals surface area contributed by atoms with Crippen LogP contribution in [0.2, 0.25) is 0 Å². The molecular weight excluding hydrogens is 418 g/mol. The van der Waals surface area contributed by atoms with Gasteiger partial charge < -0.3 is 20.1 Å². The number of likely N-dealkylation sites (N-methyl/N-ethyl adjacent to an activating group) is 1. The van der Waals surface area contributed by atoms with E-state index in [9.17, 15) is 5.11 Å². The summed E-state index contributed by atoms with van der Waals surface area (Å²) in [7, 11) is 3.82. The van der Waals surface area contributed by atoms with Gasteiger partial charge in [0, 0.05) is 12.2 Å². The fourth-order valence-electron chi connectivity index (χ4n) is 3.88. The summed E-state index contributed by atoms with van der Waals surface area (Å²) in [5.41, 5.74) is 6.48.